The third kappa shape index (κ3) is 4.92. The minimum absolute atomic E-state index is 0.0264. The van der Waals surface area contributed by atoms with Gasteiger partial charge in [0.2, 0.25) is 5.82 Å². The average molecular weight is 451 g/mol. The van der Waals surface area contributed by atoms with E-state index in [2.05, 4.69) is 25.7 Å². The van der Waals surface area contributed by atoms with Gasteiger partial charge in [-0.15, -0.1) is 0 Å². The number of carbonyl (C=O) groups excluding carboxylic acids is 2. The number of esters is 1. The highest BCUT2D eigenvalue weighted by atomic mass is 16.6. The molecule has 0 aliphatic rings. The van der Waals surface area contributed by atoms with Gasteiger partial charge in [0.25, 0.3) is 11.8 Å². The number of rotatable bonds is 9. The van der Waals surface area contributed by atoms with Gasteiger partial charge >= 0.3 is 5.97 Å². The Bertz CT molecular complexity index is 1280. The van der Waals surface area contributed by atoms with Crippen molar-refractivity contribution in [3.8, 4) is 22.9 Å². The van der Waals surface area contributed by atoms with Crippen molar-refractivity contribution >= 4 is 22.8 Å². The van der Waals surface area contributed by atoms with Gasteiger partial charge in [0, 0.05) is 18.0 Å². The molecule has 11 heteroatoms. The Morgan fingerprint density at radius 2 is 1.97 bits per heavy atom. The molecule has 2 N–H and O–H groups in total. The summed E-state index contributed by atoms with van der Waals surface area (Å²) in [5.74, 6) is 0.654. The summed E-state index contributed by atoms with van der Waals surface area (Å²) in [6.07, 6.45) is -0.0264. The number of hydrogen-bond donors (Lipinski definition) is 2. The van der Waals surface area contributed by atoms with Crippen LogP contribution in [0.3, 0.4) is 0 Å². The molecular weight excluding hydrogens is 430 g/mol. The van der Waals surface area contributed by atoms with Crippen LogP contribution in [0.4, 0.5) is 0 Å². The molecule has 33 heavy (non-hydrogen) atoms. The molecule has 0 saturated carbocycles. The number of nitrogens with zero attached hydrogens (tertiary/aromatic N) is 3. The standard InChI is InChI=1S/C22H21N5O6/c1-30-13-7-8-15(17(11-13)31-2)21-24-18(33-27-21)12-32-19(28)9-10-23-22(29)20-14-5-3-4-6-16(14)25-26-20/h3-8,11H,9-10,12H2,1-2H3,(H,23,29)(H,25,26). The van der Waals surface area contributed by atoms with Crippen molar-refractivity contribution in [1.82, 2.24) is 25.7 Å². The van der Waals surface area contributed by atoms with Gasteiger partial charge in [-0.05, 0) is 18.2 Å². The second kappa shape index (κ2) is 9.81. The van der Waals surface area contributed by atoms with Gasteiger partial charge in [-0.2, -0.15) is 10.1 Å². The smallest absolute Gasteiger partial charge is 0.308 e. The number of H-pyrrole nitrogens is 1. The lowest BCUT2D eigenvalue weighted by Gasteiger charge is -2.07. The van der Waals surface area contributed by atoms with Crippen LogP contribution in [0.25, 0.3) is 22.3 Å². The maximum absolute atomic E-state index is 12.3. The van der Waals surface area contributed by atoms with Crippen molar-refractivity contribution < 1.29 is 28.3 Å². The van der Waals surface area contributed by atoms with Crippen molar-refractivity contribution in [3.63, 3.8) is 0 Å². The quantitative estimate of drug-likeness (QED) is 0.367. The van der Waals surface area contributed by atoms with Crippen LogP contribution in [-0.2, 0) is 16.1 Å². The van der Waals surface area contributed by atoms with E-state index in [1.54, 1.807) is 31.4 Å². The predicted octanol–water partition coefficient (Wildman–Crippen LogP) is 2.49. The van der Waals surface area contributed by atoms with Gasteiger partial charge in [0.05, 0.1) is 31.7 Å². The number of hydrogen-bond acceptors (Lipinski definition) is 9. The second-order valence-corrected chi connectivity index (χ2v) is 6.86. The normalized spacial score (nSPS) is 10.7. The first kappa shape index (κ1) is 21.8. The molecule has 0 saturated heterocycles. The zero-order chi connectivity index (χ0) is 23.2. The fourth-order valence-corrected chi connectivity index (χ4v) is 3.12. The Balaban J connectivity index is 1.27. The molecule has 2 aromatic heterocycles. The molecule has 0 fully saturated rings. The Labute approximate surface area is 188 Å². The first-order valence-electron chi connectivity index (χ1n) is 10.0. The summed E-state index contributed by atoms with van der Waals surface area (Å²) >= 11 is 0. The summed E-state index contributed by atoms with van der Waals surface area (Å²) in [6, 6.07) is 12.5. The molecule has 0 radical (unpaired) electrons. The molecule has 0 aliphatic carbocycles. The van der Waals surface area contributed by atoms with Crippen molar-refractivity contribution in [2.24, 2.45) is 0 Å². The van der Waals surface area contributed by atoms with E-state index in [-0.39, 0.29) is 37.1 Å². The summed E-state index contributed by atoms with van der Waals surface area (Å²) in [6.45, 7) is -0.0980. The number of methoxy groups -OCH3 is 2. The average Bonchev–Trinajstić information content (AvgIpc) is 3.49. The van der Waals surface area contributed by atoms with E-state index in [9.17, 15) is 9.59 Å². The van der Waals surface area contributed by atoms with E-state index in [1.165, 1.54) is 7.11 Å². The molecule has 0 bridgehead atoms. The first-order chi connectivity index (χ1) is 16.1. The largest absolute Gasteiger partial charge is 0.497 e. The third-order valence-corrected chi connectivity index (χ3v) is 4.77. The Kier molecular flexibility index (Phi) is 6.48. The minimum Gasteiger partial charge on any atom is -0.497 e. The Morgan fingerprint density at radius 3 is 2.79 bits per heavy atom. The molecule has 0 spiro atoms. The van der Waals surface area contributed by atoms with Gasteiger partial charge < -0.3 is 24.1 Å². The predicted molar refractivity (Wildman–Crippen MR) is 116 cm³/mol. The van der Waals surface area contributed by atoms with Crippen molar-refractivity contribution in [2.45, 2.75) is 13.0 Å². The van der Waals surface area contributed by atoms with Crippen LogP contribution in [0, 0.1) is 0 Å². The van der Waals surface area contributed by atoms with Crippen LogP contribution in [0.2, 0.25) is 0 Å². The Hall–Kier alpha value is -4.41. The number of para-hydroxylation sites is 1. The number of benzene rings is 2. The lowest BCUT2D eigenvalue weighted by Crippen LogP contribution is -2.27. The molecule has 2 aromatic carbocycles. The number of ether oxygens (including phenoxy) is 3. The number of nitrogens with one attached hydrogen (secondary N) is 2. The molecule has 0 atom stereocenters. The molecule has 4 aromatic rings. The minimum atomic E-state index is -0.524. The molecule has 11 nitrogen and oxygen atoms in total. The summed E-state index contributed by atoms with van der Waals surface area (Å²) < 4.78 is 20.8. The molecule has 2 heterocycles. The number of aromatic amines is 1. The van der Waals surface area contributed by atoms with Crippen LogP contribution in [0.1, 0.15) is 22.8 Å². The lowest BCUT2D eigenvalue weighted by molar-refractivity contribution is -0.145. The molecule has 0 aliphatic heterocycles. The number of amides is 1. The first-order valence-corrected chi connectivity index (χ1v) is 10.0. The van der Waals surface area contributed by atoms with Crippen LogP contribution < -0.4 is 14.8 Å². The highest BCUT2D eigenvalue weighted by molar-refractivity contribution is 6.04. The maximum atomic E-state index is 12.3. The van der Waals surface area contributed by atoms with Crippen LogP contribution in [0.15, 0.2) is 47.0 Å². The number of fused-ring (bicyclic) bond motifs is 1. The SMILES string of the molecule is COc1ccc(-c2noc(COC(=O)CCNC(=O)c3n[nH]c4ccccc34)n2)c(OC)c1. The van der Waals surface area contributed by atoms with Gasteiger partial charge in [-0.25, -0.2) is 0 Å². The van der Waals surface area contributed by atoms with Crippen LogP contribution in [0.5, 0.6) is 11.5 Å². The highest BCUT2D eigenvalue weighted by Crippen LogP contribution is 2.31. The molecule has 170 valence electrons. The van der Waals surface area contributed by atoms with Crippen molar-refractivity contribution in [3.05, 3.63) is 54.0 Å². The van der Waals surface area contributed by atoms with Gasteiger partial charge in [-0.3, -0.25) is 14.7 Å². The Morgan fingerprint density at radius 1 is 1.12 bits per heavy atom. The maximum Gasteiger partial charge on any atom is 0.308 e. The fourth-order valence-electron chi connectivity index (χ4n) is 3.12. The molecular formula is C22H21N5O6. The lowest BCUT2D eigenvalue weighted by atomic mass is 10.2. The van der Waals surface area contributed by atoms with E-state index in [0.717, 1.165) is 5.52 Å². The molecule has 0 unspecified atom stereocenters. The summed E-state index contributed by atoms with van der Waals surface area (Å²) in [5, 5.41) is 14.1. The zero-order valence-corrected chi connectivity index (χ0v) is 18.0. The monoisotopic (exact) mass is 451 g/mol. The second-order valence-electron chi connectivity index (χ2n) is 6.86. The summed E-state index contributed by atoms with van der Waals surface area (Å²) in [5.41, 5.74) is 1.63. The molecule has 1 amide bonds. The summed E-state index contributed by atoms with van der Waals surface area (Å²) in [4.78, 5) is 28.6. The van der Waals surface area contributed by atoms with E-state index in [1.807, 2.05) is 18.2 Å². The van der Waals surface area contributed by atoms with Crippen molar-refractivity contribution in [2.75, 3.05) is 20.8 Å². The zero-order valence-electron chi connectivity index (χ0n) is 18.0. The van der Waals surface area contributed by atoms with Crippen LogP contribution >= 0.6 is 0 Å². The van der Waals surface area contributed by atoms with Crippen molar-refractivity contribution in [1.29, 1.82) is 0 Å². The topological polar surface area (TPSA) is 141 Å². The van der Waals surface area contributed by atoms with Gasteiger partial charge in [-0.1, -0.05) is 23.4 Å². The highest BCUT2D eigenvalue weighted by Gasteiger charge is 2.17. The van der Waals surface area contributed by atoms with E-state index in [4.69, 9.17) is 18.7 Å². The third-order valence-electron chi connectivity index (χ3n) is 4.77. The van der Waals surface area contributed by atoms with E-state index >= 15 is 0 Å². The molecule has 4 rings (SSSR count). The number of aromatic nitrogens is 4. The fraction of sp³-hybridized carbons (Fsp3) is 0.227. The number of carbonyl (C=O) groups is 2. The van der Waals surface area contributed by atoms with Crippen LogP contribution in [-0.4, -0.2) is 53.0 Å². The van der Waals surface area contributed by atoms with E-state index < -0.39 is 5.97 Å². The summed E-state index contributed by atoms with van der Waals surface area (Å²) in [7, 11) is 3.08. The van der Waals surface area contributed by atoms with Gasteiger partial charge in [0.1, 0.15) is 11.5 Å². The van der Waals surface area contributed by atoms with Gasteiger partial charge in [0.15, 0.2) is 12.3 Å². The van der Waals surface area contributed by atoms with E-state index in [0.29, 0.717) is 28.3 Å².